The molecule has 3 heteroatoms. The van der Waals surface area contributed by atoms with Crippen LogP contribution in [0.15, 0.2) is 36.7 Å². The number of aryl methyl sites for hydroxylation is 1. The lowest BCUT2D eigenvalue weighted by Crippen LogP contribution is -1.99. The normalized spacial score (nSPS) is 9.87. The second-order valence-corrected chi connectivity index (χ2v) is 3.53. The number of nitriles is 1. The van der Waals surface area contributed by atoms with Crippen molar-refractivity contribution < 1.29 is 0 Å². The number of benzene rings is 1. The first-order valence-corrected chi connectivity index (χ1v) is 4.76. The smallest absolute Gasteiger partial charge is 0.102 e. The SMILES string of the molecule is Cc1cccc(Cn2cc(C#N)cn2)c1. The summed E-state index contributed by atoms with van der Waals surface area (Å²) in [5.74, 6) is 0. The minimum Gasteiger partial charge on any atom is -0.267 e. The molecule has 0 fully saturated rings. The van der Waals surface area contributed by atoms with E-state index in [1.54, 1.807) is 17.1 Å². The average molecular weight is 197 g/mol. The Labute approximate surface area is 88.6 Å². The summed E-state index contributed by atoms with van der Waals surface area (Å²) in [4.78, 5) is 0. The Morgan fingerprint density at radius 2 is 2.33 bits per heavy atom. The average Bonchev–Trinajstić information content (AvgIpc) is 2.65. The van der Waals surface area contributed by atoms with Crippen molar-refractivity contribution in [1.82, 2.24) is 9.78 Å². The molecule has 2 aromatic rings. The summed E-state index contributed by atoms with van der Waals surface area (Å²) >= 11 is 0. The van der Waals surface area contributed by atoms with Crippen molar-refractivity contribution in [1.29, 1.82) is 5.26 Å². The van der Waals surface area contributed by atoms with Crippen molar-refractivity contribution in [3.8, 4) is 6.07 Å². The van der Waals surface area contributed by atoms with Crippen LogP contribution >= 0.6 is 0 Å². The molecule has 2 rings (SSSR count). The van der Waals surface area contributed by atoms with Crippen LogP contribution in [0.3, 0.4) is 0 Å². The van der Waals surface area contributed by atoms with Crippen LogP contribution in [0.25, 0.3) is 0 Å². The van der Waals surface area contributed by atoms with Crippen LogP contribution in [0.5, 0.6) is 0 Å². The Kier molecular flexibility index (Phi) is 2.51. The van der Waals surface area contributed by atoms with Crippen LogP contribution in [0.2, 0.25) is 0 Å². The highest BCUT2D eigenvalue weighted by Crippen LogP contribution is 2.06. The lowest BCUT2D eigenvalue weighted by Gasteiger charge is -2.02. The number of nitrogens with zero attached hydrogens (tertiary/aromatic N) is 3. The molecule has 0 saturated heterocycles. The standard InChI is InChI=1S/C12H11N3/c1-10-3-2-4-11(5-10)8-15-9-12(6-13)7-14-15/h2-5,7,9H,8H2,1H3. The minimum absolute atomic E-state index is 0.600. The highest BCUT2D eigenvalue weighted by atomic mass is 15.3. The molecule has 0 amide bonds. The summed E-state index contributed by atoms with van der Waals surface area (Å²) in [6.07, 6.45) is 3.33. The molecule has 3 nitrogen and oxygen atoms in total. The van der Waals surface area contributed by atoms with E-state index in [2.05, 4.69) is 36.3 Å². The quantitative estimate of drug-likeness (QED) is 0.739. The Hall–Kier alpha value is -2.08. The van der Waals surface area contributed by atoms with E-state index in [-0.39, 0.29) is 0 Å². The Bertz CT molecular complexity index is 506. The van der Waals surface area contributed by atoms with E-state index in [1.807, 2.05) is 6.07 Å². The van der Waals surface area contributed by atoms with Crippen LogP contribution in [-0.4, -0.2) is 9.78 Å². The van der Waals surface area contributed by atoms with Gasteiger partial charge in [-0.3, -0.25) is 4.68 Å². The molecule has 0 aliphatic heterocycles. The van der Waals surface area contributed by atoms with Gasteiger partial charge in [-0.15, -0.1) is 0 Å². The van der Waals surface area contributed by atoms with E-state index in [9.17, 15) is 0 Å². The van der Waals surface area contributed by atoms with E-state index in [4.69, 9.17) is 5.26 Å². The highest BCUT2D eigenvalue weighted by Gasteiger charge is 1.98. The van der Waals surface area contributed by atoms with Crippen molar-refractivity contribution >= 4 is 0 Å². The van der Waals surface area contributed by atoms with Gasteiger partial charge in [0.05, 0.1) is 18.3 Å². The molecule has 1 heterocycles. The fraction of sp³-hybridized carbons (Fsp3) is 0.167. The van der Waals surface area contributed by atoms with Gasteiger partial charge in [-0.05, 0) is 12.5 Å². The molecule has 0 spiro atoms. The third kappa shape index (κ3) is 2.23. The van der Waals surface area contributed by atoms with Crippen LogP contribution in [0.1, 0.15) is 16.7 Å². The van der Waals surface area contributed by atoms with E-state index < -0.39 is 0 Å². The summed E-state index contributed by atoms with van der Waals surface area (Å²) < 4.78 is 1.77. The first-order chi connectivity index (χ1) is 7.28. The molecule has 0 unspecified atom stereocenters. The van der Waals surface area contributed by atoms with Gasteiger partial charge < -0.3 is 0 Å². The Balaban J connectivity index is 2.19. The first kappa shape index (κ1) is 9.47. The number of hydrogen-bond acceptors (Lipinski definition) is 2. The molecule has 1 aromatic heterocycles. The molecule has 74 valence electrons. The molecular formula is C12H11N3. The second-order valence-electron chi connectivity index (χ2n) is 3.53. The zero-order valence-corrected chi connectivity index (χ0v) is 8.51. The first-order valence-electron chi connectivity index (χ1n) is 4.76. The van der Waals surface area contributed by atoms with Gasteiger partial charge in [0.2, 0.25) is 0 Å². The maximum absolute atomic E-state index is 8.66. The van der Waals surface area contributed by atoms with Crippen molar-refractivity contribution in [2.24, 2.45) is 0 Å². The molecule has 0 aliphatic rings. The third-order valence-corrected chi connectivity index (χ3v) is 2.19. The zero-order valence-electron chi connectivity index (χ0n) is 8.51. The lowest BCUT2D eigenvalue weighted by molar-refractivity contribution is 0.686. The molecule has 0 bridgehead atoms. The molecule has 0 N–H and O–H groups in total. The van der Waals surface area contributed by atoms with E-state index in [0.717, 1.165) is 0 Å². The van der Waals surface area contributed by atoms with Gasteiger partial charge in [-0.25, -0.2) is 0 Å². The van der Waals surface area contributed by atoms with Crippen LogP contribution in [-0.2, 0) is 6.54 Å². The maximum atomic E-state index is 8.66. The summed E-state index contributed by atoms with van der Waals surface area (Å²) in [7, 11) is 0. The minimum atomic E-state index is 0.600. The fourth-order valence-electron chi connectivity index (χ4n) is 1.51. The summed E-state index contributed by atoms with van der Waals surface area (Å²) in [6, 6.07) is 10.3. The molecule has 0 radical (unpaired) electrons. The van der Waals surface area contributed by atoms with Crippen LogP contribution < -0.4 is 0 Å². The Morgan fingerprint density at radius 1 is 1.47 bits per heavy atom. The van der Waals surface area contributed by atoms with Gasteiger partial charge in [0.25, 0.3) is 0 Å². The molecule has 15 heavy (non-hydrogen) atoms. The lowest BCUT2D eigenvalue weighted by atomic mass is 10.1. The molecule has 0 aliphatic carbocycles. The van der Waals surface area contributed by atoms with Gasteiger partial charge in [0.15, 0.2) is 0 Å². The van der Waals surface area contributed by atoms with E-state index >= 15 is 0 Å². The number of rotatable bonds is 2. The number of hydrogen-bond donors (Lipinski definition) is 0. The molecule has 1 aromatic carbocycles. The Morgan fingerprint density at radius 3 is 3.00 bits per heavy atom. The number of aromatic nitrogens is 2. The van der Waals surface area contributed by atoms with Crippen molar-refractivity contribution in [2.45, 2.75) is 13.5 Å². The fourth-order valence-corrected chi connectivity index (χ4v) is 1.51. The predicted octanol–water partition coefficient (Wildman–Crippen LogP) is 2.11. The van der Waals surface area contributed by atoms with Crippen LogP contribution in [0, 0.1) is 18.3 Å². The van der Waals surface area contributed by atoms with Gasteiger partial charge in [-0.2, -0.15) is 10.4 Å². The predicted molar refractivity (Wildman–Crippen MR) is 57.2 cm³/mol. The summed E-state index contributed by atoms with van der Waals surface area (Å²) in [6.45, 7) is 2.77. The van der Waals surface area contributed by atoms with E-state index in [0.29, 0.717) is 12.1 Å². The van der Waals surface area contributed by atoms with Gasteiger partial charge in [0, 0.05) is 6.20 Å². The molecular weight excluding hydrogens is 186 g/mol. The monoisotopic (exact) mass is 197 g/mol. The van der Waals surface area contributed by atoms with E-state index in [1.165, 1.54) is 11.1 Å². The van der Waals surface area contributed by atoms with Gasteiger partial charge >= 0.3 is 0 Å². The van der Waals surface area contributed by atoms with Gasteiger partial charge in [-0.1, -0.05) is 29.8 Å². The van der Waals surface area contributed by atoms with Crippen molar-refractivity contribution in [3.63, 3.8) is 0 Å². The van der Waals surface area contributed by atoms with Crippen LogP contribution in [0.4, 0.5) is 0 Å². The van der Waals surface area contributed by atoms with Gasteiger partial charge in [0.1, 0.15) is 6.07 Å². The van der Waals surface area contributed by atoms with Crippen molar-refractivity contribution in [3.05, 3.63) is 53.3 Å². The maximum Gasteiger partial charge on any atom is 0.102 e. The summed E-state index contributed by atoms with van der Waals surface area (Å²) in [5, 5.41) is 12.8. The molecule has 0 atom stereocenters. The second kappa shape index (κ2) is 3.97. The third-order valence-electron chi connectivity index (χ3n) is 2.19. The van der Waals surface area contributed by atoms with Crippen molar-refractivity contribution in [2.75, 3.05) is 0 Å². The summed E-state index contributed by atoms with van der Waals surface area (Å²) in [5.41, 5.74) is 3.03. The molecule has 0 saturated carbocycles. The highest BCUT2D eigenvalue weighted by molar-refractivity contribution is 5.24. The topological polar surface area (TPSA) is 41.6 Å². The zero-order chi connectivity index (χ0) is 10.7. The largest absolute Gasteiger partial charge is 0.267 e.